The molecule has 1 aromatic heterocycles. The molecule has 7 heteroatoms. The molecule has 0 saturated heterocycles. The highest BCUT2D eigenvalue weighted by Gasteiger charge is 2.38. The summed E-state index contributed by atoms with van der Waals surface area (Å²) >= 11 is 1.55. The molecule has 2 aromatic carbocycles. The molecule has 0 radical (unpaired) electrons. The van der Waals surface area contributed by atoms with E-state index in [1.54, 1.807) is 54.1 Å². The Morgan fingerprint density at radius 3 is 2.36 bits per heavy atom. The Morgan fingerprint density at radius 2 is 1.71 bits per heavy atom. The monoisotopic (exact) mass is 415 g/mol. The standard InChI is InChI=1S/C21H21NO4S2/c1-25-18-13-15-10-11-22(28(23,24)16-7-4-3-5-8-16)21(20-9-6-12-27-20)17(15)14-19(18)26-2/h3-9,12-14,21H,10-11H2,1-2H3. The Morgan fingerprint density at radius 1 is 1.00 bits per heavy atom. The Balaban J connectivity index is 1.89. The highest BCUT2D eigenvalue weighted by atomic mass is 32.2. The first-order valence-electron chi connectivity index (χ1n) is 8.91. The summed E-state index contributed by atoms with van der Waals surface area (Å²) in [6.45, 7) is 0.405. The van der Waals surface area contributed by atoms with Crippen LogP contribution in [0.2, 0.25) is 0 Å². The lowest BCUT2D eigenvalue weighted by atomic mass is 9.92. The predicted molar refractivity (Wildman–Crippen MR) is 110 cm³/mol. The van der Waals surface area contributed by atoms with Gasteiger partial charge >= 0.3 is 0 Å². The van der Waals surface area contributed by atoms with Crippen molar-refractivity contribution in [3.05, 3.63) is 76.0 Å². The van der Waals surface area contributed by atoms with Gasteiger partial charge in [0.1, 0.15) is 0 Å². The van der Waals surface area contributed by atoms with Crippen LogP contribution in [0.1, 0.15) is 22.0 Å². The molecule has 146 valence electrons. The molecular formula is C21H21NO4S2. The highest BCUT2D eigenvalue weighted by molar-refractivity contribution is 7.89. The van der Waals surface area contributed by atoms with Crippen molar-refractivity contribution >= 4 is 21.4 Å². The Kier molecular flexibility index (Phi) is 5.14. The normalized spacial score (nSPS) is 17.1. The number of hydrogen-bond acceptors (Lipinski definition) is 5. The zero-order valence-electron chi connectivity index (χ0n) is 15.7. The predicted octanol–water partition coefficient (Wildman–Crippen LogP) is 4.10. The second-order valence-electron chi connectivity index (χ2n) is 6.50. The minimum atomic E-state index is -3.65. The van der Waals surface area contributed by atoms with Crippen LogP contribution in [-0.4, -0.2) is 33.5 Å². The molecule has 0 fully saturated rings. The second-order valence-corrected chi connectivity index (χ2v) is 9.37. The summed E-state index contributed by atoms with van der Waals surface area (Å²) in [6, 6.07) is 16.0. The van der Waals surface area contributed by atoms with Gasteiger partial charge in [0.2, 0.25) is 10.0 Å². The molecule has 1 aliphatic rings. The van der Waals surface area contributed by atoms with Crippen molar-refractivity contribution in [3.8, 4) is 11.5 Å². The average molecular weight is 416 g/mol. The molecule has 0 saturated carbocycles. The molecule has 2 heterocycles. The van der Waals surface area contributed by atoms with Gasteiger partial charge in [-0.25, -0.2) is 8.42 Å². The third kappa shape index (κ3) is 3.19. The van der Waals surface area contributed by atoms with Gasteiger partial charge < -0.3 is 9.47 Å². The van der Waals surface area contributed by atoms with Gasteiger partial charge in [-0.15, -0.1) is 11.3 Å². The first-order chi connectivity index (χ1) is 13.6. The molecule has 1 atom stereocenters. The zero-order valence-corrected chi connectivity index (χ0v) is 17.3. The fourth-order valence-corrected chi connectivity index (χ4v) is 6.18. The molecule has 4 rings (SSSR count). The number of methoxy groups -OCH3 is 2. The minimum absolute atomic E-state index is 0.306. The van der Waals surface area contributed by atoms with Gasteiger partial charge in [-0.05, 0) is 53.3 Å². The van der Waals surface area contributed by atoms with Crippen molar-refractivity contribution in [2.75, 3.05) is 20.8 Å². The van der Waals surface area contributed by atoms with Gasteiger partial charge in [0.05, 0.1) is 25.2 Å². The van der Waals surface area contributed by atoms with Crippen LogP contribution in [0.25, 0.3) is 0 Å². The van der Waals surface area contributed by atoms with E-state index >= 15 is 0 Å². The van der Waals surface area contributed by atoms with Crippen LogP contribution in [0, 0.1) is 0 Å². The van der Waals surface area contributed by atoms with E-state index in [1.807, 2.05) is 35.7 Å². The maximum Gasteiger partial charge on any atom is 0.243 e. The van der Waals surface area contributed by atoms with E-state index in [1.165, 1.54) is 0 Å². The van der Waals surface area contributed by atoms with Gasteiger partial charge in [-0.2, -0.15) is 4.31 Å². The molecule has 0 aliphatic carbocycles. The smallest absolute Gasteiger partial charge is 0.243 e. The maximum atomic E-state index is 13.5. The van der Waals surface area contributed by atoms with E-state index in [2.05, 4.69) is 0 Å². The zero-order chi connectivity index (χ0) is 19.7. The quantitative estimate of drug-likeness (QED) is 0.630. The fraction of sp³-hybridized carbons (Fsp3) is 0.238. The third-order valence-electron chi connectivity index (χ3n) is 4.99. The third-order valence-corrected chi connectivity index (χ3v) is 7.80. The lowest BCUT2D eigenvalue weighted by molar-refractivity contribution is 0.334. The van der Waals surface area contributed by atoms with Crippen LogP contribution in [0.5, 0.6) is 11.5 Å². The number of hydrogen-bond donors (Lipinski definition) is 0. The van der Waals surface area contributed by atoms with Gasteiger partial charge in [0, 0.05) is 11.4 Å². The van der Waals surface area contributed by atoms with Crippen LogP contribution in [0.4, 0.5) is 0 Å². The molecular weight excluding hydrogens is 394 g/mol. The fourth-order valence-electron chi connectivity index (χ4n) is 3.65. The topological polar surface area (TPSA) is 55.8 Å². The lowest BCUT2D eigenvalue weighted by Gasteiger charge is -2.36. The summed E-state index contributed by atoms with van der Waals surface area (Å²) < 4.78 is 39.4. The summed E-state index contributed by atoms with van der Waals surface area (Å²) in [6.07, 6.45) is 0.615. The molecule has 0 amide bonds. The van der Waals surface area contributed by atoms with Gasteiger partial charge in [0.25, 0.3) is 0 Å². The lowest BCUT2D eigenvalue weighted by Crippen LogP contribution is -2.40. The Labute approximate surface area is 169 Å². The SMILES string of the molecule is COc1cc2c(cc1OC)C(c1cccs1)N(S(=O)(=O)c1ccccc1)CC2. The molecule has 0 spiro atoms. The van der Waals surface area contributed by atoms with Crippen LogP contribution in [-0.2, 0) is 16.4 Å². The van der Waals surface area contributed by atoms with Crippen molar-refractivity contribution in [1.29, 1.82) is 0 Å². The average Bonchev–Trinajstić information content (AvgIpc) is 3.26. The van der Waals surface area contributed by atoms with Crippen molar-refractivity contribution < 1.29 is 17.9 Å². The van der Waals surface area contributed by atoms with Gasteiger partial charge in [-0.1, -0.05) is 24.3 Å². The van der Waals surface area contributed by atoms with E-state index in [0.717, 1.165) is 16.0 Å². The molecule has 1 aliphatic heterocycles. The van der Waals surface area contributed by atoms with Crippen LogP contribution < -0.4 is 9.47 Å². The second kappa shape index (κ2) is 7.58. The largest absolute Gasteiger partial charge is 0.493 e. The summed E-state index contributed by atoms with van der Waals surface area (Å²) in [7, 11) is -0.451. The summed E-state index contributed by atoms with van der Waals surface area (Å²) in [4.78, 5) is 1.29. The summed E-state index contributed by atoms with van der Waals surface area (Å²) in [5.74, 6) is 1.26. The van der Waals surface area contributed by atoms with Crippen LogP contribution >= 0.6 is 11.3 Å². The first kappa shape index (κ1) is 19.0. The van der Waals surface area contributed by atoms with Crippen LogP contribution in [0.3, 0.4) is 0 Å². The van der Waals surface area contributed by atoms with Crippen molar-refractivity contribution in [2.45, 2.75) is 17.4 Å². The molecule has 0 N–H and O–H groups in total. The molecule has 1 unspecified atom stereocenters. The van der Waals surface area contributed by atoms with Gasteiger partial charge in [0.15, 0.2) is 11.5 Å². The van der Waals surface area contributed by atoms with E-state index in [0.29, 0.717) is 29.4 Å². The number of thiophene rings is 1. The van der Waals surface area contributed by atoms with Crippen molar-refractivity contribution in [1.82, 2.24) is 4.31 Å². The maximum absolute atomic E-state index is 13.5. The Bertz CT molecular complexity index is 1060. The number of nitrogens with zero attached hydrogens (tertiary/aromatic N) is 1. The summed E-state index contributed by atoms with van der Waals surface area (Å²) in [5.41, 5.74) is 2.02. The molecule has 28 heavy (non-hydrogen) atoms. The molecule has 0 bridgehead atoms. The number of fused-ring (bicyclic) bond motifs is 1. The van der Waals surface area contributed by atoms with Crippen LogP contribution in [0.15, 0.2) is 64.9 Å². The highest BCUT2D eigenvalue weighted by Crippen LogP contribution is 2.44. The van der Waals surface area contributed by atoms with Crippen molar-refractivity contribution in [3.63, 3.8) is 0 Å². The Hall–Kier alpha value is -2.35. The molecule has 3 aromatic rings. The first-order valence-corrected chi connectivity index (χ1v) is 11.2. The number of sulfonamides is 1. The van der Waals surface area contributed by atoms with Crippen molar-refractivity contribution in [2.24, 2.45) is 0 Å². The van der Waals surface area contributed by atoms with E-state index in [-0.39, 0.29) is 0 Å². The van der Waals surface area contributed by atoms with E-state index < -0.39 is 16.1 Å². The van der Waals surface area contributed by atoms with Gasteiger partial charge in [-0.3, -0.25) is 0 Å². The van der Waals surface area contributed by atoms with E-state index in [4.69, 9.17) is 9.47 Å². The molecule has 5 nitrogen and oxygen atoms in total. The number of benzene rings is 2. The summed E-state index contributed by atoms with van der Waals surface area (Å²) in [5, 5.41) is 1.97. The number of rotatable bonds is 5. The van der Waals surface area contributed by atoms with E-state index in [9.17, 15) is 8.42 Å². The minimum Gasteiger partial charge on any atom is -0.493 e. The number of ether oxygens (including phenoxy) is 2.